The van der Waals surface area contributed by atoms with E-state index in [9.17, 15) is 4.79 Å². The quantitative estimate of drug-likeness (QED) is 0.894. The van der Waals surface area contributed by atoms with Crippen molar-refractivity contribution in [2.24, 2.45) is 17.8 Å². The van der Waals surface area contributed by atoms with E-state index in [0.717, 1.165) is 29.8 Å². The number of carbonyl (C=O) groups excluding carboxylic acids is 1. The van der Waals surface area contributed by atoms with Crippen LogP contribution in [0.4, 0.5) is 5.13 Å². The number of carbonyl (C=O) groups is 1. The molecule has 0 radical (unpaired) electrons. The molecular weight excluding hydrogens is 232 g/mol. The van der Waals surface area contributed by atoms with Gasteiger partial charge in [-0.05, 0) is 37.5 Å². The molecule has 1 saturated carbocycles. The van der Waals surface area contributed by atoms with Crippen LogP contribution in [-0.4, -0.2) is 10.9 Å². The molecule has 0 atom stereocenters. The van der Waals surface area contributed by atoms with Crippen molar-refractivity contribution >= 4 is 22.4 Å². The predicted octanol–water partition coefficient (Wildman–Crippen LogP) is 3.54. The van der Waals surface area contributed by atoms with Gasteiger partial charge in [0.15, 0.2) is 5.13 Å². The molecule has 1 aliphatic rings. The molecule has 1 aromatic heterocycles. The summed E-state index contributed by atoms with van der Waals surface area (Å²) in [5.74, 6) is 1.90. The third-order valence-corrected chi connectivity index (χ3v) is 4.44. The van der Waals surface area contributed by atoms with Crippen LogP contribution >= 0.6 is 11.3 Å². The lowest BCUT2D eigenvalue weighted by Gasteiger charge is -2.29. The molecule has 4 heteroatoms. The largest absolute Gasteiger partial charge is 0.302 e. The standard InChI is InChI=1S/C13H20N2OS/c1-9(2)10-3-5-11(6-4-10)12(16)15-13-14-7-8-17-13/h7-11H,3-6H2,1-2H3,(H,14,15,16). The van der Waals surface area contributed by atoms with Gasteiger partial charge in [-0.2, -0.15) is 0 Å². The molecular formula is C13H20N2OS. The predicted molar refractivity (Wildman–Crippen MR) is 71.0 cm³/mol. The van der Waals surface area contributed by atoms with Gasteiger partial charge in [-0.1, -0.05) is 13.8 Å². The highest BCUT2D eigenvalue weighted by atomic mass is 32.1. The molecule has 0 bridgehead atoms. The minimum absolute atomic E-state index is 0.155. The molecule has 3 nitrogen and oxygen atoms in total. The van der Waals surface area contributed by atoms with E-state index < -0.39 is 0 Å². The Balaban J connectivity index is 1.82. The first-order chi connectivity index (χ1) is 8.16. The van der Waals surface area contributed by atoms with Crippen molar-refractivity contribution in [3.8, 4) is 0 Å². The van der Waals surface area contributed by atoms with Gasteiger partial charge in [0.05, 0.1) is 0 Å². The van der Waals surface area contributed by atoms with E-state index in [0.29, 0.717) is 0 Å². The van der Waals surface area contributed by atoms with Gasteiger partial charge < -0.3 is 5.32 Å². The summed E-state index contributed by atoms with van der Waals surface area (Å²) in [6.07, 6.45) is 6.15. The Kier molecular flexibility index (Phi) is 4.15. The average molecular weight is 252 g/mol. The van der Waals surface area contributed by atoms with Crippen LogP contribution in [0, 0.1) is 17.8 Å². The number of amides is 1. The molecule has 1 fully saturated rings. The van der Waals surface area contributed by atoms with Crippen LogP contribution in [0.1, 0.15) is 39.5 Å². The van der Waals surface area contributed by atoms with Gasteiger partial charge >= 0.3 is 0 Å². The van der Waals surface area contributed by atoms with Crippen LogP contribution < -0.4 is 5.32 Å². The zero-order valence-electron chi connectivity index (χ0n) is 10.5. The summed E-state index contributed by atoms with van der Waals surface area (Å²) in [7, 11) is 0. The van der Waals surface area contributed by atoms with E-state index in [-0.39, 0.29) is 11.8 Å². The molecule has 0 saturated heterocycles. The van der Waals surface area contributed by atoms with E-state index in [1.54, 1.807) is 6.20 Å². The fourth-order valence-electron chi connectivity index (χ4n) is 2.54. The molecule has 2 rings (SSSR count). The Labute approximate surface area is 107 Å². The molecule has 1 heterocycles. The molecule has 0 spiro atoms. The van der Waals surface area contributed by atoms with Crippen LogP contribution in [0.3, 0.4) is 0 Å². The van der Waals surface area contributed by atoms with Crippen LogP contribution in [0.2, 0.25) is 0 Å². The summed E-state index contributed by atoms with van der Waals surface area (Å²) in [6.45, 7) is 4.56. The maximum atomic E-state index is 12.0. The smallest absolute Gasteiger partial charge is 0.229 e. The normalized spacial score (nSPS) is 24.9. The molecule has 1 N–H and O–H groups in total. The van der Waals surface area contributed by atoms with Crippen molar-refractivity contribution in [1.29, 1.82) is 0 Å². The molecule has 17 heavy (non-hydrogen) atoms. The van der Waals surface area contributed by atoms with E-state index in [4.69, 9.17) is 0 Å². The van der Waals surface area contributed by atoms with Crippen molar-refractivity contribution in [2.75, 3.05) is 5.32 Å². The van der Waals surface area contributed by atoms with E-state index >= 15 is 0 Å². The summed E-state index contributed by atoms with van der Waals surface area (Å²) in [5, 5.41) is 5.51. The Morgan fingerprint density at radius 3 is 2.65 bits per heavy atom. The maximum absolute atomic E-state index is 12.0. The molecule has 0 unspecified atom stereocenters. The zero-order chi connectivity index (χ0) is 12.3. The van der Waals surface area contributed by atoms with E-state index in [2.05, 4.69) is 24.1 Å². The summed E-state index contributed by atoms with van der Waals surface area (Å²) in [5.41, 5.74) is 0. The molecule has 0 aromatic carbocycles. The monoisotopic (exact) mass is 252 g/mol. The Morgan fingerprint density at radius 2 is 2.12 bits per heavy atom. The van der Waals surface area contributed by atoms with Gasteiger partial charge in [0.25, 0.3) is 0 Å². The fraction of sp³-hybridized carbons (Fsp3) is 0.692. The Hall–Kier alpha value is -0.900. The number of thiazole rings is 1. The highest BCUT2D eigenvalue weighted by Gasteiger charge is 2.27. The fourth-order valence-corrected chi connectivity index (χ4v) is 3.07. The van der Waals surface area contributed by atoms with Gasteiger partial charge in [-0.25, -0.2) is 4.98 Å². The SMILES string of the molecule is CC(C)C1CCC(C(=O)Nc2nccs2)CC1. The first-order valence-corrected chi connectivity index (χ1v) is 7.25. The molecule has 1 aromatic rings. The van der Waals surface area contributed by atoms with Crippen LogP contribution in [0.25, 0.3) is 0 Å². The van der Waals surface area contributed by atoms with Crippen molar-refractivity contribution in [3.63, 3.8) is 0 Å². The Bertz CT molecular complexity index is 354. The van der Waals surface area contributed by atoms with E-state index in [1.165, 1.54) is 24.2 Å². The number of hydrogen-bond donors (Lipinski definition) is 1. The second-order valence-corrected chi connectivity index (χ2v) is 6.08. The first-order valence-electron chi connectivity index (χ1n) is 6.37. The second kappa shape index (κ2) is 5.63. The van der Waals surface area contributed by atoms with Crippen molar-refractivity contribution in [1.82, 2.24) is 4.98 Å². The summed E-state index contributed by atoms with van der Waals surface area (Å²) < 4.78 is 0. The lowest BCUT2D eigenvalue weighted by molar-refractivity contribution is -0.121. The number of nitrogens with zero attached hydrogens (tertiary/aromatic N) is 1. The van der Waals surface area contributed by atoms with Gasteiger partial charge in [-0.15, -0.1) is 11.3 Å². The Morgan fingerprint density at radius 1 is 1.41 bits per heavy atom. The topological polar surface area (TPSA) is 42.0 Å². The number of aromatic nitrogens is 1. The number of hydrogen-bond acceptors (Lipinski definition) is 3. The molecule has 1 amide bonds. The summed E-state index contributed by atoms with van der Waals surface area (Å²) in [6, 6.07) is 0. The third kappa shape index (κ3) is 3.28. The van der Waals surface area contributed by atoms with Gasteiger partial charge in [0, 0.05) is 17.5 Å². The lowest BCUT2D eigenvalue weighted by atomic mass is 9.77. The van der Waals surface area contributed by atoms with Crippen molar-refractivity contribution < 1.29 is 4.79 Å². The minimum atomic E-state index is 0.155. The van der Waals surface area contributed by atoms with Crippen LogP contribution in [-0.2, 0) is 4.79 Å². The van der Waals surface area contributed by atoms with Crippen molar-refractivity contribution in [2.45, 2.75) is 39.5 Å². The highest BCUT2D eigenvalue weighted by molar-refractivity contribution is 7.13. The number of anilines is 1. The van der Waals surface area contributed by atoms with Gasteiger partial charge in [0.2, 0.25) is 5.91 Å². The van der Waals surface area contributed by atoms with Crippen molar-refractivity contribution in [3.05, 3.63) is 11.6 Å². The van der Waals surface area contributed by atoms with Crippen LogP contribution in [0.5, 0.6) is 0 Å². The number of rotatable bonds is 3. The maximum Gasteiger partial charge on any atom is 0.229 e. The molecule has 94 valence electrons. The van der Waals surface area contributed by atoms with Gasteiger partial charge in [0.1, 0.15) is 0 Å². The molecule has 1 aliphatic carbocycles. The lowest BCUT2D eigenvalue weighted by Crippen LogP contribution is -2.28. The summed E-state index contributed by atoms with van der Waals surface area (Å²) in [4.78, 5) is 16.1. The second-order valence-electron chi connectivity index (χ2n) is 5.18. The zero-order valence-corrected chi connectivity index (χ0v) is 11.3. The first kappa shape index (κ1) is 12.6. The average Bonchev–Trinajstić information content (AvgIpc) is 2.82. The minimum Gasteiger partial charge on any atom is -0.302 e. The molecule has 0 aliphatic heterocycles. The number of nitrogens with one attached hydrogen (secondary N) is 1. The van der Waals surface area contributed by atoms with Crippen LogP contribution in [0.15, 0.2) is 11.6 Å². The highest BCUT2D eigenvalue weighted by Crippen LogP contribution is 2.33. The third-order valence-electron chi connectivity index (χ3n) is 3.75. The van der Waals surface area contributed by atoms with Gasteiger partial charge in [-0.3, -0.25) is 4.79 Å². The van der Waals surface area contributed by atoms with E-state index in [1.807, 2.05) is 5.38 Å². The summed E-state index contributed by atoms with van der Waals surface area (Å²) >= 11 is 1.48.